The van der Waals surface area contributed by atoms with Gasteiger partial charge in [-0.3, -0.25) is 4.79 Å². The molecule has 11 heteroatoms. The van der Waals surface area contributed by atoms with Crippen LogP contribution in [-0.2, 0) is 16.1 Å². The van der Waals surface area contributed by atoms with Gasteiger partial charge in [-0.15, -0.1) is 0 Å². The summed E-state index contributed by atoms with van der Waals surface area (Å²) in [6.07, 6.45) is 9.43. The maximum atomic E-state index is 13.6. The summed E-state index contributed by atoms with van der Waals surface area (Å²) >= 11 is 1.45. The van der Waals surface area contributed by atoms with Crippen molar-refractivity contribution < 1.29 is 19.1 Å². The second kappa shape index (κ2) is 14.3. The molecule has 1 aliphatic rings. The second-order valence-corrected chi connectivity index (χ2v) is 16.5. The van der Waals surface area contributed by atoms with Crippen molar-refractivity contribution in [3.8, 4) is 0 Å². The lowest BCUT2D eigenvalue weighted by Crippen LogP contribution is -2.34. The van der Waals surface area contributed by atoms with E-state index < -0.39 is 10.0 Å². The minimum Gasteiger partial charge on any atom is -0.449 e. The normalized spacial score (nSPS) is 14.7. The van der Waals surface area contributed by atoms with E-state index in [1.54, 1.807) is 23.0 Å². The maximum Gasteiger partial charge on any atom is 0.409 e. The summed E-state index contributed by atoms with van der Waals surface area (Å²) in [4.78, 5) is 40.6. The fourth-order valence-corrected chi connectivity index (χ4v) is 5.41. The summed E-state index contributed by atoms with van der Waals surface area (Å²) in [5, 5.41) is 0.638. The van der Waals surface area contributed by atoms with Crippen molar-refractivity contribution in [2.75, 3.05) is 80.9 Å². The minimum absolute atomic E-state index is 0.129. The van der Waals surface area contributed by atoms with Gasteiger partial charge in [0, 0.05) is 44.8 Å². The largest absolute Gasteiger partial charge is 0.449 e. The van der Waals surface area contributed by atoms with Gasteiger partial charge in [-0.1, -0.05) is 54.2 Å². The van der Waals surface area contributed by atoms with Crippen LogP contribution in [0.3, 0.4) is 0 Å². The van der Waals surface area contributed by atoms with Crippen molar-refractivity contribution >= 4 is 45.3 Å². The van der Waals surface area contributed by atoms with Gasteiger partial charge in [-0.25, -0.2) is 24.8 Å². The summed E-state index contributed by atoms with van der Waals surface area (Å²) < 4.78 is 11.9. The van der Waals surface area contributed by atoms with Gasteiger partial charge in [0.2, 0.25) is 0 Å². The molecule has 9 nitrogen and oxygen atoms in total. The van der Waals surface area contributed by atoms with Crippen LogP contribution in [0.2, 0.25) is 0 Å². The Balaban J connectivity index is 1.47. The third-order valence-electron chi connectivity index (χ3n) is 6.94. The average Bonchev–Trinajstić information content (AvgIpc) is 3.10. The number of hydrogen-bond donors (Lipinski definition) is 0. The molecule has 0 radical (unpaired) electrons. The Morgan fingerprint density at radius 2 is 1.88 bits per heavy atom. The van der Waals surface area contributed by atoms with Crippen LogP contribution in [0, 0.1) is 0 Å². The predicted molar refractivity (Wildman–Crippen MR) is 173 cm³/mol. The molecule has 1 atom stereocenters. The Bertz CT molecular complexity index is 1370. The lowest BCUT2D eigenvalue weighted by molar-refractivity contribution is 0.0165. The molecular weight excluding hydrogens is 571 g/mol. The van der Waals surface area contributed by atoms with Crippen LogP contribution in [0.15, 0.2) is 66.0 Å². The van der Waals surface area contributed by atoms with Crippen LogP contribution in [0.25, 0.3) is 0 Å². The number of nitrogens with zero attached hydrogens (tertiary/aromatic N) is 5. The molecule has 0 spiro atoms. The van der Waals surface area contributed by atoms with Gasteiger partial charge in [0.1, 0.15) is 24.1 Å². The van der Waals surface area contributed by atoms with Crippen molar-refractivity contribution in [2.24, 2.45) is 0 Å². The number of ether oxygens (including phenoxy) is 2. The molecule has 4 rings (SSSR count). The van der Waals surface area contributed by atoms with E-state index in [0.29, 0.717) is 49.4 Å². The van der Waals surface area contributed by atoms with Crippen LogP contribution in [-0.4, -0.2) is 98.0 Å². The van der Waals surface area contributed by atoms with Crippen molar-refractivity contribution in [3.63, 3.8) is 0 Å². The molecule has 0 saturated carbocycles. The third-order valence-corrected chi connectivity index (χ3v) is 8.90. The SMILES string of the molecule is CSc1ncc2c(n1)N(C)CCN(c1cccc(COC(CN(C)C(=O)OCCS(C)(C)C)c3ccccc3)c1)C2=O. The van der Waals surface area contributed by atoms with Gasteiger partial charge in [0.25, 0.3) is 5.91 Å². The molecule has 1 aliphatic heterocycles. The quantitative estimate of drug-likeness (QED) is 0.213. The lowest BCUT2D eigenvalue weighted by atomic mass is 10.1. The van der Waals surface area contributed by atoms with Crippen LogP contribution >= 0.6 is 21.8 Å². The highest BCUT2D eigenvalue weighted by molar-refractivity contribution is 8.32. The van der Waals surface area contributed by atoms with E-state index in [0.717, 1.165) is 22.6 Å². The van der Waals surface area contributed by atoms with E-state index in [2.05, 4.69) is 28.7 Å². The first-order valence-electron chi connectivity index (χ1n) is 13.8. The van der Waals surface area contributed by atoms with Crippen molar-refractivity contribution in [1.82, 2.24) is 14.9 Å². The number of fused-ring (bicyclic) bond motifs is 1. The monoisotopic (exact) mass is 611 g/mol. The number of anilines is 2. The van der Waals surface area contributed by atoms with Crippen molar-refractivity contribution in [1.29, 1.82) is 0 Å². The van der Waals surface area contributed by atoms with Crippen molar-refractivity contribution in [3.05, 3.63) is 77.5 Å². The first kappa shape index (κ1) is 31.7. The Morgan fingerprint density at radius 1 is 1.12 bits per heavy atom. The number of rotatable bonds is 11. The Kier molecular flexibility index (Phi) is 10.7. The summed E-state index contributed by atoms with van der Waals surface area (Å²) in [7, 11) is 2.93. The number of benzene rings is 2. The van der Waals surface area contributed by atoms with Gasteiger partial charge in [-0.05, 0) is 48.3 Å². The average molecular weight is 612 g/mol. The van der Waals surface area contributed by atoms with E-state index in [-0.39, 0.29) is 18.1 Å². The van der Waals surface area contributed by atoms with Crippen LogP contribution in [0.4, 0.5) is 16.3 Å². The number of aromatic nitrogens is 2. The maximum absolute atomic E-state index is 13.6. The van der Waals surface area contributed by atoms with Gasteiger partial charge < -0.3 is 24.2 Å². The molecule has 1 unspecified atom stereocenters. The Morgan fingerprint density at radius 3 is 2.60 bits per heavy atom. The van der Waals surface area contributed by atoms with Crippen molar-refractivity contribution in [2.45, 2.75) is 17.9 Å². The Labute approximate surface area is 254 Å². The third kappa shape index (κ3) is 8.39. The second-order valence-electron chi connectivity index (χ2n) is 11.1. The van der Waals surface area contributed by atoms with Crippen LogP contribution < -0.4 is 9.80 Å². The fraction of sp³-hybridized carbons (Fsp3) is 0.419. The van der Waals surface area contributed by atoms with Crippen LogP contribution in [0.1, 0.15) is 27.6 Å². The zero-order chi connectivity index (χ0) is 30.3. The highest BCUT2D eigenvalue weighted by Crippen LogP contribution is 2.33. The molecule has 0 bridgehead atoms. The van der Waals surface area contributed by atoms with E-state index in [1.165, 1.54) is 11.8 Å². The minimum atomic E-state index is -0.743. The Hall–Kier alpha value is -3.28. The van der Waals surface area contributed by atoms with E-state index in [9.17, 15) is 9.59 Å². The number of thioether (sulfide) groups is 1. The molecule has 3 aromatic rings. The van der Waals surface area contributed by atoms with E-state index >= 15 is 0 Å². The molecule has 226 valence electrons. The summed E-state index contributed by atoms with van der Waals surface area (Å²) in [6.45, 7) is 2.21. The number of amides is 2. The summed E-state index contributed by atoms with van der Waals surface area (Å²) in [5.74, 6) is 1.39. The zero-order valence-corrected chi connectivity index (χ0v) is 26.9. The smallest absolute Gasteiger partial charge is 0.409 e. The highest BCUT2D eigenvalue weighted by Gasteiger charge is 2.28. The van der Waals surface area contributed by atoms with Crippen LogP contribution in [0.5, 0.6) is 0 Å². The zero-order valence-electron chi connectivity index (χ0n) is 25.3. The van der Waals surface area contributed by atoms with E-state index in [1.807, 2.05) is 72.8 Å². The molecule has 42 heavy (non-hydrogen) atoms. The molecule has 2 amide bonds. The molecule has 0 aliphatic carbocycles. The topological polar surface area (TPSA) is 88.1 Å². The number of carbonyl (C=O) groups is 2. The number of hydrogen-bond acceptors (Lipinski definition) is 8. The first-order chi connectivity index (χ1) is 20.1. The van der Waals surface area contributed by atoms with Gasteiger partial charge in [0.15, 0.2) is 5.16 Å². The van der Waals surface area contributed by atoms with Gasteiger partial charge in [-0.2, -0.15) is 0 Å². The fourth-order valence-electron chi connectivity index (χ4n) is 4.49. The van der Waals surface area contributed by atoms with Gasteiger partial charge >= 0.3 is 6.09 Å². The molecule has 2 aromatic carbocycles. The molecule has 2 heterocycles. The number of likely N-dealkylation sites (N-methyl/N-ethyl adjacent to an activating group) is 2. The predicted octanol–water partition coefficient (Wildman–Crippen LogP) is 5.32. The lowest BCUT2D eigenvalue weighted by Gasteiger charge is -2.27. The molecule has 0 fully saturated rings. The van der Waals surface area contributed by atoms with Gasteiger partial charge in [0.05, 0.1) is 13.2 Å². The summed E-state index contributed by atoms with van der Waals surface area (Å²) in [5.41, 5.74) is 3.16. The summed E-state index contributed by atoms with van der Waals surface area (Å²) in [6, 6.07) is 17.7. The molecule has 1 aromatic heterocycles. The number of carbonyl (C=O) groups excluding carboxylic acids is 2. The standard InChI is InChI=1S/C31H41N5O4S2/c1-34-15-16-36(29(37)26-20-32-30(41-3)33-28(26)34)25-14-10-11-23(19-25)22-40-27(24-12-8-7-9-13-24)21-35(2)31(38)39-17-18-42(4,5)6/h7-14,19-20,27H,15-18,21-22H2,1-6H3. The van der Waals surface area contributed by atoms with E-state index in [4.69, 9.17) is 9.47 Å². The molecule has 0 saturated heterocycles. The molecule has 0 N–H and O–H groups in total. The molecular formula is C31H41N5O4S2. The first-order valence-corrected chi connectivity index (χ1v) is 18.0. The highest BCUT2D eigenvalue weighted by atomic mass is 32.3.